The van der Waals surface area contributed by atoms with Crippen LogP contribution in [0.4, 0.5) is 17.1 Å². The molecule has 0 saturated heterocycles. The third-order valence-corrected chi connectivity index (χ3v) is 14.9. The number of anilines is 3. The molecule has 59 heavy (non-hydrogen) atoms. The minimum atomic E-state index is -0.123. The summed E-state index contributed by atoms with van der Waals surface area (Å²) in [5, 5.41) is 6.09. The summed E-state index contributed by atoms with van der Waals surface area (Å²) in [7, 11) is 0. The van der Waals surface area contributed by atoms with Gasteiger partial charge in [-0.1, -0.05) is 137 Å². The predicted octanol–water partition coefficient (Wildman–Crippen LogP) is 15.2. The molecule has 13 rings (SSSR count). The Labute approximate surface area is 346 Å². The number of rotatable bonds is 4. The molecule has 0 aliphatic heterocycles. The van der Waals surface area contributed by atoms with Gasteiger partial charge in [0.25, 0.3) is 0 Å². The molecule has 4 heteroatoms. The molecule has 0 unspecified atom stereocenters. The number of aromatic nitrogens is 2. The van der Waals surface area contributed by atoms with Gasteiger partial charge in [-0.2, -0.15) is 0 Å². The number of fused-ring (bicyclic) bond motifs is 14. The lowest BCUT2D eigenvalue weighted by Gasteiger charge is -2.30. The lowest BCUT2D eigenvalue weighted by molar-refractivity contribution is 0.660. The zero-order valence-corrected chi connectivity index (χ0v) is 34.2. The van der Waals surface area contributed by atoms with Crippen molar-refractivity contribution < 1.29 is 0 Å². The summed E-state index contributed by atoms with van der Waals surface area (Å²) in [4.78, 5) is 7.81. The summed E-state index contributed by atoms with van der Waals surface area (Å²) in [6, 6.07) is 61.1. The van der Waals surface area contributed by atoms with E-state index < -0.39 is 0 Å². The van der Waals surface area contributed by atoms with Crippen LogP contribution in [0.15, 0.2) is 164 Å². The second-order valence-electron chi connectivity index (χ2n) is 17.6. The van der Waals surface area contributed by atoms with Crippen LogP contribution in [0, 0.1) is 0 Å². The van der Waals surface area contributed by atoms with Crippen LogP contribution >= 0.6 is 11.3 Å². The Bertz CT molecular complexity index is 3460. The molecule has 0 fully saturated rings. The Kier molecular flexibility index (Phi) is 6.46. The highest BCUT2D eigenvalue weighted by molar-refractivity contribution is 7.22. The highest BCUT2D eigenvalue weighted by atomic mass is 32.1. The number of nitrogens with zero attached hydrogens (tertiary/aromatic N) is 3. The molecular formula is C55H39N3S. The van der Waals surface area contributed by atoms with Crippen LogP contribution in [0.5, 0.6) is 0 Å². The molecule has 0 radical (unpaired) electrons. The van der Waals surface area contributed by atoms with Gasteiger partial charge < -0.3 is 9.30 Å². The molecule has 0 atom stereocenters. The van der Waals surface area contributed by atoms with Gasteiger partial charge in [0.05, 0.1) is 26.8 Å². The Hall–Kier alpha value is -6.75. The van der Waals surface area contributed by atoms with Crippen molar-refractivity contribution in [3.63, 3.8) is 0 Å². The van der Waals surface area contributed by atoms with Crippen molar-refractivity contribution in [2.24, 2.45) is 0 Å². The van der Waals surface area contributed by atoms with Crippen molar-refractivity contribution in [2.75, 3.05) is 4.90 Å². The highest BCUT2D eigenvalue weighted by Gasteiger charge is 2.38. The first kappa shape index (κ1) is 33.2. The van der Waals surface area contributed by atoms with Gasteiger partial charge in [-0.05, 0) is 99.1 Å². The number of thiazole rings is 1. The van der Waals surface area contributed by atoms with E-state index in [1.165, 1.54) is 87.3 Å². The molecule has 0 saturated carbocycles. The van der Waals surface area contributed by atoms with Crippen LogP contribution in [0.3, 0.4) is 0 Å². The van der Waals surface area contributed by atoms with E-state index in [1.807, 2.05) is 0 Å². The molecule has 0 N–H and O–H groups in total. The highest BCUT2D eigenvalue weighted by Crippen LogP contribution is 2.54. The maximum atomic E-state index is 5.30. The van der Waals surface area contributed by atoms with Crippen molar-refractivity contribution in [3.8, 4) is 32.8 Å². The maximum Gasteiger partial charge on any atom is 0.124 e. The number of hydrogen-bond donors (Lipinski definition) is 0. The van der Waals surface area contributed by atoms with Gasteiger partial charge in [-0.15, -0.1) is 11.3 Å². The Morgan fingerprint density at radius 2 is 1.02 bits per heavy atom. The van der Waals surface area contributed by atoms with Crippen molar-refractivity contribution >= 4 is 76.7 Å². The van der Waals surface area contributed by atoms with Crippen molar-refractivity contribution in [2.45, 2.75) is 38.5 Å². The van der Waals surface area contributed by atoms with Gasteiger partial charge in [-0.3, -0.25) is 0 Å². The molecule has 11 aromatic rings. The molecule has 2 aliphatic carbocycles. The van der Waals surface area contributed by atoms with Gasteiger partial charge in [-0.25, -0.2) is 4.98 Å². The Morgan fingerprint density at radius 1 is 0.475 bits per heavy atom. The first-order valence-electron chi connectivity index (χ1n) is 20.6. The Morgan fingerprint density at radius 3 is 1.69 bits per heavy atom. The van der Waals surface area contributed by atoms with E-state index in [9.17, 15) is 0 Å². The number of hydrogen-bond acceptors (Lipinski definition) is 3. The van der Waals surface area contributed by atoms with Gasteiger partial charge in [0, 0.05) is 55.0 Å². The molecule has 3 heterocycles. The monoisotopic (exact) mass is 773 g/mol. The number of para-hydroxylation sites is 1. The molecular weight excluding hydrogens is 735 g/mol. The normalized spacial score (nSPS) is 14.7. The van der Waals surface area contributed by atoms with Crippen LogP contribution in [-0.2, 0) is 10.8 Å². The van der Waals surface area contributed by atoms with Crippen LogP contribution in [0.2, 0.25) is 0 Å². The second-order valence-corrected chi connectivity index (χ2v) is 18.6. The summed E-state index contributed by atoms with van der Waals surface area (Å²) < 4.78 is 3.73. The molecule has 0 bridgehead atoms. The molecule has 3 aromatic heterocycles. The number of benzene rings is 8. The molecule has 0 spiro atoms. The second kappa shape index (κ2) is 11.5. The SMILES string of the molecule is CC1(C)c2ccccc2-c2ccc(N(c3ccc4c(c3)C(C)(C)c3ccccc3-4)c3ccc4c(c3)c3c5sc(-c6ccccc6)nc5cc5c6ccccc6n4c53)cc21. The van der Waals surface area contributed by atoms with E-state index in [4.69, 9.17) is 4.98 Å². The fraction of sp³-hybridized carbons (Fsp3) is 0.109. The third-order valence-electron chi connectivity index (χ3n) is 13.7. The maximum absolute atomic E-state index is 5.30. The zero-order valence-electron chi connectivity index (χ0n) is 33.3. The van der Waals surface area contributed by atoms with Crippen LogP contribution in [0.25, 0.3) is 81.1 Å². The largest absolute Gasteiger partial charge is 0.310 e. The van der Waals surface area contributed by atoms with Gasteiger partial charge in [0.1, 0.15) is 5.01 Å². The van der Waals surface area contributed by atoms with Gasteiger partial charge >= 0.3 is 0 Å². The van der Waals surface area contributed by atoms with E-state index in [1.54, 1.807) is 11.3 Å². The van der Waals surface area contributed by atoms with Crippen molar-refractivity contribution in [3.05, 3.63) is 186 Å². The van der Waals surface area contributed by atoms with E-state index in [0.29, 0.717) is 0 Å². The fourth-order valence-electron chi connectivity index (χ4n) is 10.9. The summed E-state index contributed by atoms with van der Waals surface area (Å²) in [6.07, 6.45) is 0. The van der Waals surface area contributed by atoms with Crippen molar-refractivity contribution in [1.82, 2.24) is 9.38 Å². The van der Waals surface area contributed by atoms with E-state index in [2.05, 4.69) is 201 Å². The van der Waals surface area contributed by atoms with Crippen LogP contribution in [0.1, 0.15) is 49.9 Å². The zero-order chi connectivity index (χ0) is 39.4. The van der Waals surface area contributed by atoms with Crippen LogP contribution in [-0.4, -0.2) is 9.38 Å². The third kappa shape index (κ3) is 4.34. The van der Waals surface area contributed by atoms with Crippen LogP contribution < -0.4 is 4.90 Å². The lowest BCUT2D eigenvalue weighted by atomic mass is 9.82. The first-order chi connectivity index (χ1) is 28.8. The van der Waals surface area contributed by atoms with E-state index >= 15 is 0 Å². The first-order valence-corrected chi connectivity index (χ1v) is 21.4. The van der Waals surface area contributed by atoms with E-state index in [0.717, 1.165) is 33.1 Å². The summed E-state index contributed by atoms with van der Waals surface area (Å²) >= 11 is 1.81. The molecule has 0 amide bonds. The topological polar surface area (TPSA) is 20.5 Å². The van der Waals surface area contributed by atoms with Crippen molar-refractivity contribution in [1.29, 1.82) is 0 Å². The Balaban J connectivity index is 1.09. The fourth-order valence-corrected chi connectivity index (χ4v) is 12.0. The molecule has 280 valence electrons. The minimum absolute atomic E-state index is 0.123. The molecule has 2 aliphatic rings. The average molecular weight is 774 g/mol. The van der Waals surface area contributed by atoms with Gasteiger partial charge in [0.2, 0.25) is 0 Å². The quantitative estimate of drug-likeness (QED) is 0.178. The standard InChI is InChI=1S/C55H39N3S/c1-54(2)43-19-11-8-16-36(43)38-25-22-34(29-45(38)54)57(35-23-26-39-37-17-9-12-20-44(37)55(3,4)46(39)30-35)33-24-27-49-42(28-33)50-51-41(40-18-10-13-21-48(40)58(49)51)31-47-52(50)59-53(56-47)32-14-6-5-7-15-32/h5-31H,1-4H3. The molecule has 8 aromatic carbocycles. The molecule has 3 nitrogen and oxygen atoms in total. The predicted molar refractivity (Wildman–Crippen MR) is 250 cm³/mol. The average Bonchev–Trinajstić information content (AvgIpc) is 4.04. The summed E-state index contributed by atoms with van der Waals surface area (Å²) in [5.41, 5.74) is 20.0. The van der Waals surface area contributed by atoms with Gasteiger partial charge in [0.15, 0.2) is 0 Å². The summed E-state index contributed by atoms with van der Waals surface area (Å²) in [5.74, 6) is 0. The lowest BCUT2D eigenvalue weighted by Crippen LogP contribution is -2.18. The summed E-state index contributed by atoms with van der Waals surface area (Å²) in [6.45, 7) is 9.50. The van der Waals surface area contributed by atoms with E-state index in [-0.39, 0.29) is 10.8 Å². The minimum Gasteiger partial charge on any atom is -0.310 e. The smallest absolute Gasteiger partial charge is 0.124 e.